The van der Waals surface area contributed by atoms with Crippen molar-refractivity contribution in [3.05, 3.63) is 52.0 Å². The van der Waals surface area contributed by atoms with E-state index in [1.807, 2.05) is 0 Å². The molecule has 1 heterocycles. The zero-order valence-electron chi connectivity index (χ0n) is 14.3. The van der Waals surface area contributed by atoms with Crippen molar-refractivity contribution in [2.45, 2.75) is 20.4 Å². The summed E-state index contributed by atoms with van der Waals surface area (Å²) in [4.78, 5) is 37.5. The second kappa shape index (κ2) is 8.60. The summed E-state index contributed by atoms with van der Waals surface area (Å²) in [5, 5.41) is 13.4. The van der Waals surface area contributed by atoms with Crippen molar-refractivity contribution < 1.29 is 24.0 Å². The first kappa shape index (κ1) is 18.9. The fourth-order valence-electron chi connectivity index (χ4n) is 2.17. The molecular weight excluding hydrogens is 344 g/mol. The lowest BCUT2D eigenvalue weighted by atomic mass is 10.2. The molecule has 1 amide bonds. The second-order valence-corrected chi connectivity index (χ2v) is 5.13. The molecule has 1 aromatic carbocycles. The van der Waals surface area contributed by atoms with Crippen molar-refractivity contribution in [2.75, 3.05) is 18.5 Å². The number of nitrogens with zero attached hydrogens (tertiary/aromatic N) is 3. The lowest BCUT2D eigenvalue weighted by molar-refractivity contribution is -0.392. The number of benzene rings is 1. The highest BCUT2D eigenvalue weighted by Gasteiger charge is 2.17. The van der Waals surface area contributed by atoms with Crippen LogP contribution in [0.25, 0.3) is 0 Å². The van der Waals surface area contributed by atoms with Gasteiger partial charge < -0.3 is 19.6 Å². The molecule has 1 N–H and O–H groups in total. The fourth-order valence-corrected chi connectivity index (χ4v) is 2.17. The van der Waals surface area contributed by atoms with E-state index in [1.54, 1.807) is 26.0 Å². The van der Waals surface area contributed by atoms with Crippen LogP contribution in [0.1, 0.15) is 23.1 Å². The van der Waals surface area contributed by atoms with Crippen LogP contribution in [0.15, 0.2) is 30.5 Å². The number of aromatic nitrogens is 2. The Hall–Kier alpha value is -3.43. The molecule has 2 rings (SSSR count). The zero-order chi connectivity index (χ0) is 19.1. The largest absolute Gasteiger partial charge is 0.462 e. The summed E-state index contributed by atoms with van der Waals surface area (Å²) in [5.41, 5.74) is 0.807. The Morgan fingerprint density at radius 2 is 1.96 bits per heavy atom. The van der Waals surface area contributed by atoms with Crippen LogP contribution in [0.2, 0.25) is 0 Å². The minimum absolute atomic E-state index is 0.0647. The number of esters is 1. The van der Waals surface area contributed by atoms with Crippen LogP contribution in [0.5, 0.6) is 0 Å². The predicted octanol–water partition coefficient (Wildman–Crippen LogP) is 2.53. The maximum Gasteiger partial charge on any atom is 0.411 e. The standard InChI is InChI=1S/C16H18N4O6/c1-3-25-15(21)12-4-6-13(7-5-12)18-16(22)26-9-8-19-11(2)17-10-14(19)20(23)24/h4-7,10H,3,8-9H2,1-2H3,(H,18,22). The molecule has 138 valence electrons. The highest BCUT2D eigenvalue weighted by Crippen LogP contribution is 2.14. The van der Waals surface area contributed by atoms with Gasteiger partial charge in [-0.1, -0.05) is 0 Å². The summed E-state index contributed by atoms with van der Waals surface area (Å²) in [6.45, 7) is 3.66. The Kier molecular flexibility index (Phi) is 6.25. The van der Waals surface area contributed by atoms with Crippen LogP contribution in [0, 0.1) is 17.0 Å². The van der Waals surface area contributed by atoms with Crippen LogP contribution in [-0.2, 0) is 16.0 Å². The Balaban J connectivity index is 1.85. The van der Waals surface area contributed by atoms with E-state index in [1.165, 1.54) is 16.7 Å². The average molecular weight is 362 g/mol. The first-order chi connectivity index (χ1) is 12.4. The zero-order valence-corrected chi connectivity index (χ0v) is 14.3. The molecule has 26 heavy (non-hydrogen) atoms. The van der Waals surface area contributed by atoms with Crippen LogP contribution >= 0.6 is 0 Å². The third-order valence-electron chi connectivity index (χ3n) is 3.41. The van der Waals surface area contributed by atoms with Gasteiger partial charge >= 0.3 is 17.9 Å². The third-order valence-corrected chi connectivity index (χ3v) is 3.41. The van der Waals surface area contributed by atoms with Crippen molar-refractivity contribution in [1.82, 2.24) is 9.55 Å². The summed E-state index contributed by atoms with van der Waals surface area (Å²) in [5.74, 6) is -0.157. The van der Waals surface area contributed by atoms with E-state index in [4.69, 9.17) is 9.47 Å². The van der Waals surface area contributed by atoms with Gasteiger partial charge in [-0.05, 0) is 36.1 Å². The maximum absolute atomic E-state index is 11.8. The minimum Gasteiger partial charge on any atom is -0.462 e. The predicted molar refractivity (Wildman–Crippen MR) is 91.0 cm³/mol. The summed E-state index contributed by atoms with van der Waals surface area (Å²) in [6.07, 6.45) is 0.440. The quantitative estimate of drug-likeness (QED) is 0.455. The lowest BCUT2D eigenvalue weighted by Crippen LogP contribution is -2.18. The van der Waals surface area contributed by atoms with E-state index in [0.717, 1.165) is 6.20 Å². The number of aryl methyl sites for hydroxylation is 1. The molecule has 0 bridgehead atoms. The normalized spacial score (nSPS) is 10.2. The van der Waals surface area contributed by atoms with Crippen molar-refractivity contribution in [3.63, 3.8) is 0 Å². The Morgan fingerprint density at radius 3 is 2.58 bits per heavy atom. The average Bonchev–Trinajstić information content (AvgIpc) is 2.97. The molecule has 0 atom stereocenters. The Bertz CT molecular complexity index is 800. The summed E-state index contributed by atoms with van der Waals surface area (Å²) in [7, 11) is 0. The molecule has 0 saturated carbocycles. The van der Waals surface area contributed by atoms with Crippen LogP contribution < -0.4 is 5.32 Å². The molecule has 0 aliphatic carbocycles. The van der Waals surface area contributed by atoms with Crippen LogP contribution in [-0.4, -0.2) is 39.8 Å². The van der Waals surface area contributed by atoms with Crippen molar-refractivity contribution >= 4 is 23.6 Å². The summed E-state index contributed by atoms with van der Waals surface area (Å²) in [6, 6.07) is 6.12. The SMILES string of the molecule is CCOC(=O)c1ccc(NC(=O)OCCn2c([N+](=O)[O-])cnc2C)cc1. The molecule has 0 fully saturated rings. The number of hydrogen-bond donors (Lipinski definition) is 1. The topological polar surface area (TPSA) is 126 Å². The van der Waals surface area contributed by atoms with Gasteiger partial charge in [-0.15, -0.1) is 0 Å². The number of anilines is 1. The Morgan fingerprint density at radius 1 is 1.27 bits per heavy atom. The van der Waals surface area contributed by atoms with Gasteiger partial charge in [0.1, 0.15) is 19.3 Å². The number of amides is 1. The minimum atomic E-state index is -0.714. The second-order valence-electron chi connectivity index (χ2n) is 5.13. The van der Waals surface area contributed by atoms with Gasteiger partial charge in [0.25, 0.3) is 0 Å². The molecule has 0 saturated heterocycles. The van der Waals surface area contributed by atoms with Gasteiger partial charge in [0.05, 0.1) is 12.2 Å². The fraction of sp³-hybridized carbons (Fsp3) is 0.312. The van der Waals surface area contributed by atoms with Gasteiger partial charge in [0.2, 0.25) is 0 Å². The maximum atomic E-state index is 11.8. The number of hydrogen-bond acceptors (Lipinski definition) is 7. The number of nitro groups is 1. The monoisotopic (exact) mass is 362 g/mol. The number of rotatable bonds is 7. The molecule has 1 aromatic heterocycles. The van der Waals surface area contributed by atoms with Gasteiger partial charge in [-0.3, -0.25) is 5.32 Å². The van der Waals surface area contributed by atoms with Gasteiger partial charge in [0.15, 0.2) is 5.82 Å². The molecular formula is C16H18N4O6. The van der Waals surface area contributed by atoms with E-state index in [-0.39, 0.29) is 25.6 Å². The highest BCUT2D eigenvalue weighted by atomic mass is 16.6. The molecule has 0 spiro atoms. The number of carbonyl (C=O) groups is 2. The van der Waals surface area contributed by atoms with Crippen molar-refractivity contribution in [3.8, 4) is 0 Å². The van der Waals surface area contributed by atoms with Crippen LogP contribution in [0.4, 0.5) is 16.3 Å². The molecule has 0 aliphatic rings. The van der Waals surface area contributed by atoms with Gasteiger partial charge in [-0.2, -0.15) is 0 Å². The summed E-state index contributed by atoms with van der Waals surface area (Å²) < 4.78 is 11.2. The van der Waals surface area contributed by atoms with E-state index in [2.05, 4.69) is 10.3 Å². The van der Waals surface area contributed by atoms with Crippen molar-refractivity contribution in [2.24, 2.45) is 0 Å². The number of nitrogens with one attached hydrogen (secondary N) is 1. The molecule has 0 aliphatic heterocycles. The van der Waals surface area contributed by atoms with Gasteiger partial charge in [0, 0.05) is 12.6 Å². The molecule has 0 radical (unpaired) electrons. The number of imidazole rings is 1. The lowest BCUT2D eigenvalue weighted by Gasteiger charge is -2.08. The number of ether oxygens (including phenoxy) is 2. The highest BCUT2D eigenvalue weighted by molar-refractivity contribution is 5.91. The van der Waals surface area contributed by atoms with Gasteiger partial charge in [-0.25, -0.2) is 19.1 Å². The molecule has 10 heteroatoms. The summed E-state index contributed by atoms with van der Waals surface area (Å²) >= 11 is 0. The first-order valence-electron chi connectivity index (χ1n) is 7.79. The molecule has 0 unspecified atom stereocenters. The third kappa shape index (κ3) is 4.79. The van der Waals surface area contributed by atoms with Crippen molar-refractivity contribution in [1.29, 1.82) is 0 Å². The van der Waals surface area contributed by atoms with E-state index in [9.17, 15) is 19.7 Å². The first-order valence-corrected chi connectivity index (χ1v) is 7.79. The number of carbonyl (C=O) groups excluding carboxylic acids is 2. The van der Waals surface area contributed by atoms with E-state index >= 15 is 0 Å². The Labute approximate surface area is 148 Å². The molecule has 10 nitrogen and oxygen atoms in total. The van der Waals surface area contributed by atoms with Crippen LogP contribution in [0.3, 0.4) is 0 Å². The van der Waals surface area contributed by atoms with E-state index in [0.29, 0.717) is 17.1 Å². The molecule has 2 aromatic rings. The van der Waals surface area contributed by atoms with E-state index < -0.39 is 17.0 Å². The smallest absolute Gasteiger partial charge is 0.411 e.